The molecule has 1 atom stereocenters. The van der Waals surface area contributed by atoms with Crippen LogP contribution in [0.25, 0.3) is 0 Å². The average molecular weight is 295 g/mol. The Bertz CT molecular complexity index is 684. The van der Waals surface area contributed by atoms with E-state index in [0.717, 1.165) is 18.5 Å². The van der Waals surface area contributed by atoms with Gasteiger partial charge in [-0.3, -0.25) is 9.78 Å². The van der Waals surface area contributed by atoms with E-state index in [4.69, 9.17) is 0 Å². The first-order chi connectivity index (χ1) is 10.7. The summed E-state index contributed by atoms with van der Waals surface area (Å²) in [5.74, 6) is -0.0589. The maximum absolute atomic E-state index is 12.1. The number of benzene rings is 1. The molecule has 1 unspecified atom stereocenters. The Labute approximate surface area is 131 Å². The van der Waals surface area contributed by atoms with Gasteiger partial charge < -0.3 is 10.2 Å². The summed E-state index contributed by atoms with van der Waals surface area (Å²) in [7, 11) is 0. The minimum atomic E-state index is -0.0589. The molecule has 0 saturated heterocycles. The van der Waals surface area contributed by atoms with E-state index in [0.29, 0.717) is 18.2 Å². The normalized spacial score (nSPS) is 16.5. The van der Waals surface area contributed by atoms with Gasteiger partial charge in [-0.1, -0.05) is 25.1 Å². The van der Waals surface area contributed by atoms with Gasteiger partial charge in [-0.05, 0) is 37.5 Å². The maximum atomic E-state index is 12.1. The lowest BCUT2D eigenvalue weighted by molar-refractivity contribution is 0.0953. The van der Waals surface area contributed by atoms with Crippen molar-refractivity contribution in [3.63, 3.8) is 0 Å². The fraction of sp³-hybridized carbons (Fsp3) is 0.333. The third kappa shape index (κ3) is 2.69. The number of nitrogens with one attached hydrogen (secondary N) is 1. The summed E-state index contributed by atoms with van der Waals surface area (Å²) in [5, 5.41) is 2.90. The van der Waals surface area contributed by atoms with Crippen LogP contribution >= 0.6 is 0 Å². The largest absolute Gasteiger partial charge is 0.352 e. The Morgan fingerprint density at radius 1 is 1.36 bits per heavy atom. The van der Waals surface area contributed by atoms with Gasteiger partial charge in [0.05, 0.1) is 17.4 Å². The molecule has 1 amide bonds. The quantitative estimate of drug-likeness (QED) is 0.941. The van der Waals surface area contributed by atoms with Crippen LogP contribution in [-0.2, 0) is 6.42 Å². The molecular weight excluding hydrogens is 274 g/mol. The molecule has 0 radical (unpaired) electrons. The highest BCUT2D eigenvalue weighted by atomic mass is 16.1. The molecule has 1 aromatic carbocycles. The molecule has 4 nitrogen and oxygen atoms in total. The van der Waals surface area contributed by atoms with Gasteiger partial charge in [0.2, 0.25) is 0 Å². The molecule has 2 aromatic rings. The van der Waals surface area contributed by atoms with E-state index in [-0.39, 0.29) is 5.91 Å². The third-order valence-electron chi connectivity index (χ3n) is 4.01. The molecule has 1 aliphatic rings. The summed E-state index contributed by atoms with van der Waals surface area (Å²) < 4.78 is 0. The lowest BCUT2D eigenvalue weighted by Crippen LogP contribution is -2.26. The van der Waals surface area contributed by atoms with E-state index in [9.17, 15) is 4.79 Å². The number of pyridine rings is 1. The van der Waals surface area contributed by atoms with Gasteiger partial charge in [0.1, 0.15) is 0 Å². The second-order valence-corrected chi connectivity index (χ2v) is 5.74. The summed E-state index contributed by atoms with van der Waals surface area (Å²) in [6.07, 6.45) is 5.40. The maximum Gasteiger partial charge on any atom is 0.252 e. The Morgan fingerprint density at radius 2 is 2.18 bits per heavy atom. The molecule has 2 heterocycles. The number of nitrogens with zero attached hydrogens (tertiary/aromatic N) is 2. The van der Waals surface area contributed by atoms with Crippen LogP contribution in [0.5, 0.6) is 0 Å². The predicted octanol–water partition coefficient (Wildman–Crippen LogP) is 3.30. The number of carbonyl (C=O) groups excluding carboxylic acids is 1. The van der Waals surface area contributed by atoms with E-state index < -0.39 is 0 Å². The van der Waals surface area contributed by atoms with Crippen LogP contribution in [0.1, 0.15) is 36.2 Å². The van der Waals surface area contributed by atoms with E-state index in [2.05, 4.69) is 46.4 Å². The number of amides is 1. The molecule has 114 valence electrons. The molecule has 0 spiro atoms. The number of anilines is 2. The van der Waals surface area contributed by atoms with E-state index in [1.807, 2.05) is 19.2 Å². The monoisotopic (exact) mass is 295 g/mol. The zero-order valence-corrected chi connectivity index (χ0v) is 13.0. The van der Waals surface area contributed by atoms with Crippen molar-refractivity contribution < 1.29 is 4.79 Å². The van der Waals surface area contributed by atoms with E-state index >= 15 is 0 Å². The number of hydrogen-bond donors (Lipinski definition) is 1. The molecular formula is C18H21N3O. The molecule has 4 heteroatoms. The van der Waals surface area contributed by atoms with Crippen molar-refractivity contribution in [2.24, 2.45) is 0 Å². The zero-order valence-electron chi connectivity index (χ0n) is 13.0. The van der Waals surface area contributed by atoms with Crippen LogP contribution in [-0.4, -0.2) is 23.5 Å². The minimum Gasteiger partial charge on any atom is -0.352 e. The lowest BCUT2D eigenvalue weighted by atomic mass is 10.1. The molecule has 0 fully saturated rings. The summed E-state index contributed by atoms with van der Waals surface area (Å²) in [6, 6.07) is 10.7. The summed E-state index contributed by atoms with van der Waals surface area (Å²) in [5.41, 5.74) is 4.14. The first-order valence-corrected chi connectivity index (χ1v) is 7.81. The standard InChI is InChI=1S/C18H21N3O/c1-3-8-20-18(22)15-10-16(12-19-11-15)21-13(2)9-14-6-4-5-7-17(14)21/h4-7,10-13H,3,8-9H2,1-2H3,(H,20,22). The fourth-order valence-electron chi connectivity index (χ4n) is 2.98. The van der Waals surface area contributed by atoms with Gasteiger partial charge in [0, 0.05) is 24.5 Å². The van der Waals surface area contributed by atoms with Gasteiger partial charge in [0.15, 0.2) is 0 Å². The second kappa shape index (κ2) is 6.18. The van der Waals surface area contributed by atoms with Gasteiger partial charge in [-0.2, -0.15) is 0 Å². The number of carbonyl (C=O) groups is 1. The van der Waals surface area contributed by atoms with Crippen LogP contribution in [0.4, 0.5) is 11.4 Å². The van der Waals surface area contributed by atoms with Crippen molar-refractivity contribution >= 4 is 17.3 Å². The summed E-state index contributed by atoms with van der Waals surface area (Å²) in [6.45, 7) is 4.92. The van der Waals surface area contributed by atoms with Gasteiger partial charge in [-0.25, -0.2) is 0 Å². The highest BCUT2D eigenvalue weighted by Gasteiger charge is 2.27. The van der Waals surface area contributed by atoms with Crippen molar-refractivity contribution in [3.05, 3.63) is 53.9 Å². The molecule has 3 rings (SSSR count). The smallest absolute Gasteiger partial charge is 0.252 e. The number of aromatic nitrogens is 1. The van der Waals surface area contributed by atoms with Gasteiger partial charge in [0.25, 0.3) is 5.91 Å². The molecule has 22 heavy (non-hydrogen) atoms. The number of para-hydroxylation sites is 1. The average Bonchev–Trinajstić information content (AvgIpc) is 2.88. The first kappa shape index (κ1) is 14.6. The predicted molar refractivity (Wildman–Crippen MR) is 88.6 cm³/mol. The van der Waals surface area contributed by atoms with Gasteiger partial charge >= 0.3 is 0 Å². The fourth-order valence-corrected chi connectivity index (χ4v) is 2.98. The van der Waals surface area contributed by atoms with Crippen molar-refractivity contribution in [1.29, 1.82) is 0 Å². The molecule has 1 aliphatic heterocycles. The third-order valence-corrected chi connectivity index (χ3v) is 4.01. The highest BCUT2D eigenvalue weighted by Crippen LogP contribution is 2.37. The Kier molecular flexibility index (Phi) is 4.09. The Morgan fingerprint density at radius 3 is 3.00 bits per heavy atom. The Balaban J connectivity index is 1.91. The van der Waals surface area contributed by atoms with Gasteiger partial charge in [-0.15, -0.1) is 0 Å². The highest BCUT2D eigenvalue weighted by molar-refractivity contribution is 5.95. The summed E-state index contributed by atoms with van der Waals surface area (Å²) >= 11 is 0. The van der Waals surface area contributed by atoms with Crippen LogP contribution < -0.4 is 10.2 Å². The van der Waals surface area contributed by atoms with Crippen LogP contribution in [0.3, 0.4) is 0 Å². The Hall–Kier alpha value is -2.36. The van der Waals surface area contributed by atoms with Crippen molar-refractivity contribution in [2.75, 3.05) is 11.4 Å². The first-order valence-electron chi connectivity index (χ1n) is 7.81. The number of hydrogen-bond acceptors (Lipinski definition) is 3. The van der Waals surface area contributed by atoms with Crippen molar-refractivity contribution in [3.8, 4) is 0 Å². The van der Waals surface area contributed by atoms with E-state index in [1.54, 1.807) is 6.20 Å². The molecule has 1 aromatic heterocycles. The number of fused-ring (bicyclic) bond motifs is 1. The van der Waals surface area contributed by atoms with Crippen molar-refractivity contribution in [2.45, 2.75) is 32.7 Å². The van der Waals surface area contributed by atoms with Crippen LogP contribution in [0.15, 0.2) is 42.7 Å². The molecule has 0 bridgehead atoms. The van der Waals surface area contributed by atoms with Crippen LogP contribution in [0, 0.1) is 0 Å². The topological polar surface area (TPSA) is 45.2 Å². The SMILES string of the molecule is CCCNC(=O)c1cncc(N2c3ccccc3CC2C)c1. The zero-order chi connectivity index (χ0) is 15.5. The van der Waals surface area contributed by atoms with Crippen molar-refractivity contribution in [1.82, 2.24) is 10.3 Å². The molecule has 0 saturated carbocycles. The second-order valence-electron chi connectivity index (χ2n) is 5.74. The minimum absolute atomic E-state index is 0.0589. The summed E-state index contributed by atoms with van der Waals surface area (Å²) in [4.78, 5) is 18.7. The van der Waals surface area contributed by atoms with Crippen LogP contribution in [0.2, 0.25) is 0 Å². The molecule has 0 aliphatic carbocycles. The lowest BCUT2D eigenvalue weighted by Gasteiger charge is -2.25. The van der Waals surface area contributed by atoms with E-state index in [1.165, 1.54) is 11.3 Å². The molecule has 1 N–H and O–H groups in total. The number of rotatable bonds is 4.